The topological polar surface area (TPSA) is 15.3 Å². The second-order valence-corrected chi connectivity index (χ2v) is 3.57. The molecule has 2 nitrogen and oxygen atoms in total. The van der Waals surface area contributed by atoms with Gasteiger partial charge >= 0.3 is 0 Å². The average molecular weight is 192 g/mol. The number of nitrogens with zero attached hydrogens (tertiary/aromatic N) is 1. The Kier molecular flexibility index (Phi) is 2.19. The molecule has 2 rings (SSSR count). The summed E-state index contributed by atoms with van der Waals surface area (Å²) in [5, 5.41) is 3.83. The lowest BCUT2D eigenvalue weighted by Gasteiger charge is -2.17. The summed E-state index contributed by atoms with van der Waals surface area (Å²) in [7, 11) is 1.87. The van der Waals surface area contributed by atoms with Crippen LogP contribution in [0, 0.1) is 0 Å². The molecular formula is C10H12N2S. The van der Waals surface area contributed by atoms with Crippen molar-refractivity contribution in [3.05, 3.63) is 35.4 Å². The first-order chi connectivity index (χ1) is 6.31. The van der Waals surface area contributed by atoms with Gasteiger partial charge in [0.2, 0.25) is 0 Å². The van der Waals surface area contributed by atoms with Gasteiger partial charge in [-0.2, -0.15) is 0 Å². The van der Waals surface area contributed by atoms with Crippen LogP contribution in [0.5, 0.6) is 0 Å². The first-order valence-corrected chi connectivity index (χ1v) is 4.75. The Balaban J connectivity index is 2.18. The molecule has 0 amide bonds. The predicted octanol–water partition coefficient (Wildman–Crippen LogP) is 1.51. The van der Waals surface area contributed by atoms with Gasteiger partial charge in [-0.1, -0.05) is 24.3 Å². The van der Waals surface area contributed by atoms with E-state index in [1.54, 1.807) is 0 Å². The molecule has 3 heteroatoms. The van der Waals surface area contributed by atoms with Crippen LogP contribution < -0.4 is 5.32 Å². The highest BCUT2D eigenvalue weighted by Gasteiger charge is 2.19. The Morgan fingerprint density at radius 3 is 2.31 bits per heavy atom. The minimum atomic E-state index is 0.830. The highest BCUT2D eigenvalue weighted by molar-refractivity contribution is 7.80. The van der Waals surface area contributed by atoms with Gasteiger partial charge < -0.3 is 10.2 Å². The fraction of sp³-hybridized carbons (Fsp3) is 0.300. The van der Waals surface area contributed by atoms with Gasteiger partial charge in [0.1, 0.15) is 0 Å². The van der Waals surface area contributed by atoms with E-state index in [1.165, 1.54) is 11.1 Å². The van der Waals surface area contributed by atoms with Crippen molar-refractivity contribution in [2.24, 2.45) is 0 Å². The van der Waals surface area contributed by atoms with Gasteiger partial charge in [0.05, 0.1) is 0 Å². The molecular weight excluding hydrogens is 180 g/mol. The Morgan fingerprint density at radius 1 is 1.31 bits per heavy atom. The average Bonchev–Trinajstić information content (AvgIpc) is 2.59. The van der Waals surface area contributed by atoms with Crippen LogP contribution in [0.2, 0.25) is 0 Å². The molecule has 0 atom stereocenters. The quantitative estimate of drug-likeness (QED) is 0.627. The Labute approximate surface area is 83.6 Å². The lowest BCUT2D eigenvalue weighted by Crippen LogP contribution is -2.33. The number of benzene rings is 1. The molecule has 0 unspecified atom stereocenters. The second kappa shape index (κ2) is 3.34. The fourth-order valence-electron chi connectivity index (χ4n) is 1.63. The van der Waals surface area contributed by atoms with Gasteiger partial charge in [-0.25, -0.2) is 0 Å². The van der Waals surface area contributed by atoms with Crippen molar-refractivity contribution in [2.75, 3.05) is 7.05 Å². The number of rotatable bonds is 0. The third kappa shape index (κ3) is 1.52. The summed E-state index contributed by atoms with van der Waals surface area (Å²) in [6.07, 6.45) is 0. The molecule has 1 aromatic carbocycles. The first-order valence-electron chi connectivity index (χ1n) is 4.34. The molecule has 0 aromatic heterocycles. The molecule has 0 saturated heterocycles. The van der Waals surface area contributed by atoms with E-state index in [0.717, 1.165) is 18.2 Å². The number of nitrogens with one attached hydrogen (secondary N) is 1. The Bertz CT molecular complexity index is 310. The monoisotopic (exact) mass is 192 g/mol. The first kappa shape index (κ1) is 8.51. The standard InChI is InChI=1S/C10H12N2S/c1-11-10(13)12-6-8-4-2-3-5-9(8)7-12/h2-5H,6-7H2,1H3,(H,11,13). The molecule has 1 heterocycles. The van der Waals surface area contributed by atoms with Crippen LogP contribution in [0.15, 0.2) is 24.3 Å². The maximum atomic E-state index is 5.18. The molecule has 13 heavy (non-hydrogen) atoms. The van der Waals surface area contributed by atoms with E-state index in [9.17, 15) is 0 Å². The Morgan fingerprint density at radius 2 is 1.85 bits per heavy atom. The highest BCUT2D eigenvalue weighted by Crippen LogP contribution is 2.21. The zero-order chi connectivity index (χ0) is 9.26. The molecule has 1 aliphatic rings. The second-order valence-electron chi connectivity index (χ2n) is 3.18. The van der Waals surface area contributed by atoms with E-state index in [-0.39, 0.29) is 0 Å². The summed E-state index contributed by atoms with van der Waals surface area (Å²) in [4.78, 5) is 2.17. The largest absolute Gasteiger partial charge is 0.366 e. The number of hydrogen-bond donors (Lipinski definition) is 1. The van der Waals surface area contributed by atoms with Crippen LogP contribution >= 0.6 is 12.2 Å². The number of thiocarbonyl (C=S) groups is 1. The minimum Gasteiger partial charge on any atom is -0.366 e. The van der Waals surface area contributed by atoms with E-state index in [1.807, 2.05) is 7.05 Å². The van der Waals surface area contributed by atoms with Crippen LogP contribution in [0.4, 0.5) is 0 Å². The van der Waals surface area contributed by atoms with E-state index in [0.29, 0.717) is 0 Å². The SMILES string of the molecule is CNC(=S)N1Cc2ccccc2C1. The molecule has 0 fully saturated rings. The maximum absolute atomic E-state index is 5.18. The summed E-state index contributed by atoms with van der Waals surface area (Å²) in [6.45, 7) is 1.88. The smallest absolute Gasteiger partial charge is 0.169 e. The lowest BCUT2D eigenvalue weighted by atomic mass is 10.1. The van der Waals surface area contributed by atoms with Gasteiger partial charge in [-0.15, -0.1) is 0 Å². The van der Waals surface area contributed by atoms with Gasteiger partial charge in [0.25, 0.3) is 0 Å². The van der Waals surface area contributed by atoms with Crippen LogP contribution in [-0.4, -0.2) is 17.1 Å². The third-order valence-corrected chi connectivity index (χ3v) is 2.80. The summed E-state index contributed by atoms with van der Waals surface area (Å²) >= 11 is 5.18. The molecule has 68 valence electrons. The van der Waals surface area contributed by atoms with Crippen LogP contribution in [0.25, 0.3) is 0 Å². The summed E-state index contributed by atoms with van der Waals surface area (Å²) in [5.74, 6) is 0. The van der Waals surface area contributed by atoms with Gasteiger partial charge in [-0.05, 0) is 23.3 Å². The molecule has 0 spiro atoms. The lowest BCUT2D eigenvalue weighted by molar-refractivity contribution is 0.442. The van der Waals surface area contributed by atoms with Gasteiger partial charge in [0, 0.05) is 20.1 Å². The van der Waals surface area contributed by atoms with Crippen molar-refractivity contribution in [3.63, 3.8) is 0 Å². The number of hydrogen-bond acceptors (Lipinski definition) is 1. The van der Waals surface area contributed by atoms with Crippen LogP contribution in [-0.2, 0) is 13.1 Å². The Hall–Kier alpha value is -1.09. The van der Waals surface area contributed by atoms with Crippen LogP contribution in [0.3, 0.4) is 0 Å². The van der Waals surface area contributed by atoms with Crippen molar-refractivity contribution < 1.29 is 0 Å². The van der Waals surface area contributed by atoms with Crippen molar-refractivity contribution in [1.82, 2.24) is 10.2 Å². The molecule has 1 N–H and O–H groups in total. The molecule has 0 bridgehead atoms. The molecule has 0 saturated carbocycles. The number of fused-ring (bicyclic) bond motifs is 1. The summed E-state index contributed by atoms with van der Waals surface area (Å²) in [5.41, 5.74) is 2.78. The van der Waals surface area contributed by atoms with E-state index in [2.05, 4.69) is 34.5 Å². The normalized spacial score (nSPS) is 14.1. The zero-order valence-electron chi connectivity index (χ0n) is 7.58. The van der Waals surface area contributed by atoms with Crippen molar-refractivity contribution >= 4 is 17.3 Å². The van der Waals surface area contributed by atoms with Crippen molar-refractivity contribution in [3.8, 4) is 0 Å². The highest BCUT2D eigenvalue weighted by atomic mass is 32.1. The van der Waals surface area contributed by atoms with E-state index in [4.69, 9.17) is 12.2 Å². The van der Waals surface area contributed by atoms with Gasteiger partial charge in [-0.3, -0.25) is 0 Å². The summed E-state index contributed by atoms with van der Waals surface area (Å²) < 4.78 is 0. The fourth-order valence-corrected chi connectivity index (χ4v) is 1.76. The molecule has 1 aliphatic heterocycles. The molecule has 1 aromatic rings. The van der Waals surface area contributed by atoms with Crippen molar-refractivity contribution in [1.29, 1.82) is 0 Å². The maximum Gasteiger partial charge on any atom is 0.169 e. The van der Waals surface area contributed by atoms with E-state index >= 15 is 0 Å². The third-order valence-electron chi connectivity index (χ3n) is 2.34. The van der Waals surface area contributed by atoms with E-state index < -0.39 is 0 Å². The van der Waals surface area contributed by atoms with Crippen LogP contribution in [0.1, 0.15) is 11.1 Å². The summed E-state index contributed by atoms with van der Waals surface area (Å²) in [6, 6.07) is 8.47. The van der Waals surface area contributed by atoms with Crippen molar-refractivity contribution in [2.45, 2.75) is 13.1 Å². The molecule has 0 aliphatic carbocycles. The molecule has 0 radical (unpaired) electrons. The van der Waals surface area contributed by atoms with Gasteiger partial charge in [0.15, 0.2) is 5.11 Å². The zero-order valence-corrected chi connectivity index (χ0v) is 8.40. The predicted molar refractivity (Wildman–Crippen MR) is 57.3 cm³/mol. The minimum absolute atomic E-state index is 0.830.